The van der Waals surface area contributed by atoms with Gasteiger partial charge in [-0.1, -0.05) is 18.2 Å². The molecule has 2 heterocycles. The van der Waals surface area contributed by atoms with Crippen LogP contribution in [0.25, 0.3) is 0 Å². The number of carbonyl (C=O) groups excluding carboxylic acids is 3. The van der Waals surface area contributed by atoms with Gasteiger partial charge in [-0.15, -0.1) is 11.8 Å². The first-order valence-electron chi connectivity index (χ1n) is 9.61. The van der Waals surface area contributed by atoms with Crippen LogP contribution in [-0.2, 0) is 14.4 Å². The Bertz CT molecular complexity index is 1000. The van der Waals surface area contributed by atoms with Crippen LogP contribution in [0.2, 0.25) is 0 Å². The summed E-state index contributed by atoms with van der Waals surface area (Å²) >= 11 is 1.52. The Kier molecular flexibility index (Phi) is 5.72. The van der Waals surface area contributed by atoms with Gasteiger partial charge in [-0.3, -0.25) is 14.4 Å². The molecule has 0 aliphatic carbocycles. The van der Waals surface area contributed by atoms with Crippen molar-refractivity contribution < 1.29 is 14.4 Å². The van der Waals surface area contributed by atoms with Crippen LogP contribution in [0.3, 0.4) is 0 Å². The Morgan fingerprint density at radius 2 is 1.83 bits per heavy atom. The van der Waals surface area contributed by atoms with E-state index in [1.54, 1.807) is 34.1 Å². The number of benzene rings is 2. The average molecular weight is 420 g/mol. The number of nitrogens with zero attached hydrogens (tertiary/aromatic N) is 3. The van der Waals surface area contributed by atoms with Gasteiger partial charge in [0.15, 0.2) is 0 Å². The zero-order chi connectivity index (χ0) is 21.1. The fourth-order valence-corrected chi connectivity index (χ4v) is 4.86. The third-order valence-corrected chi connectivity index (χ3v) is 6.30. The SMILES string of the molecule is N#Cc1ccc(NC(=O)C2CSCN2C(=O)C2CC(=O)N(c3ccccc3)C2)cc1. The molecule has 4 rings (SSSR count). The maximum atomic E-state index is 13.1. The topological polar surface area (TPSA) is 93.5 Å². The van der Waals surface area contributed by atoms with Gasteiger partial charge < -0.3 is 15.1 Å². The van der Waals surface area contributed by atoms with Gasteiger partial charge in [0, 0.05) is 30.1 Å². The molecule has 2 aromatic rings. The van der Waals surface area contributed by atoms with E-state index in [1.165, 1.54) is 11.8 Å². The molecule has 2 atom stereocenters. The number of nitrogens with one attached hydrogen (secondary N) is 1. The Labute approximate surface area is 178 Å². The van der Waals surface area contributed by atoms with E-state index in [1.807, 2.05) is 36.4 Å². The summed E-state index contributed by atoms with van der Waals surface area (Å²) in [4.78, 5) is 41.6. The molecule has 0 saturated carbocycles. The monoisotopic (exact) mass is 420 g/mol. The number of amides is 3. The lowest BCUT2D eigenvalue weighted by Crippen LogP contribution is -2.47. The molecule has 2 aliphatic rings. The molecule has 0 radical (unpaired) electrons. The molecule has 2 fully saturated rings. The normalized spacial score (nSPS) is 20.8. The zero-order valence-corrected chi connectivity index (χ0v) is 17.0. The molecule has 8 heteroatoms. The van der Waals surface area contributed by atoms with Crippen LogP contribution in [-0.4, -0.2) is 46.8 Å². The summed E-state index contributed by atoms with van der Waals surface area (Å²) in [6.45, 7) is 0.326. The lowest BCUT2D eigenvalue weighted by molar-refractivity contribution is -0.139. The van der Waals surface area contributed by atoms with Crippen molar-refractivity contribution in [1.82, 2.24) is 4.90 Å². The molecule has 0 aromatic heterocycles. The van der Waals surface area contributed by atoms with Gasteiger partial charge in [-0.25, -0.2) is 0 Å². The summed E-state index contributed by atoms with van der Waals surface area (Å²) in [7, 11) is 0. The van der Waals surface area contributed by atoms with E-state index >= 15 is 0 Å². The van der Waals surface area contributed by atoms with Crippen molar-refractivity contribution in [3.8, 4) is 6.07 Å². The molecule has 152 valence electrons. The van der Waals surface area contributed by atoms with Gasteiger partial charge in [0.2, 0.25) is 17.7 Å². The van der Waals surface area contributed by atoms with Crippen LogP contribution in [0, 0.1) is 17.2 Å². The van der Waals surface area contributed by atoms with Gasteiger partial charge in [0.05, 0.1) is 23.4 Å². The van der Waals surface area contributed by atoms with Gasteiger partial charge in [0.25, 0.3) is 0 Å². The standard InChI is InChI=1S/C22H20N4O3S/c23-11-15-6-8-17(9-7-15)24-21(28)19-13-30-14-26(19)22(29)16-10-20(27)25(12-16)18-4-2-1-3-5-18/h1-9,16,19H,10,12-14H2,(H,24,28). The molecule has 2 saturated heterocycles. The van der Waals surface area contributed by atoms with Crippen molar-refractivity contribution in [2.45, 2.75) is 12.5 Å². The van der Waals surface area contributed by atoms with Crippen molar-refractivity contribution >= 4 is 40.9 Å². The quantitative estimate of drug-likeness (QED) is 0.820. The number of hydrogen-bond acceptors (Lipinski definition) is 5. The highest BCUT2D eigenvalue weighted by molar-refractivity contribution is 7.99. The van der Waals surface area contributed by atoms with E-state index in [0.717, 1.165) is 5.69 Å². The van der Waals surface area contributed by atoms with Crippen molar-refractivity contribution in [2.75, 3.05) is 28.4 Å². The van der Waals surface area contributed by atoms with E-state index in [0.29, 0.717) is 29.4 Å². The van der Waals surface area contributed by atoms with Crippen molar-refractivity contribution in [3.63, 3.8) is 0 Å². The first-order chi connectivity index (χ1) is 14.6. The van der Waals surface area contributed by atoms with Crippen molar-refractivity contribution in [1.29, 1.82) is 5.26 Å². The van der Waals surface area contributed by atoms with E-state index in [2.05, 4.69) is 5.32 Å². The van der Waals surface area contributed by atoms with Gasteiger partial charge in [-0.05, 0) is 36.4 Å². The fourth-order valence-electron chi connectivity index (χ4n) is 3.70. The highest BCUT2D eigenvalue weighted by Gasteiger charge is 2.42. The van der Waals surface area contributed by atoms with Crippen molar-refractivity contribution in [3.05, 3.63) is 60.2 Å². The summed E-state index contributed by atoms with van der Waals surface area (Å²) < 4.78 is 0. The van der Waals surface area contributed by atoms with Gasteiger partial charge >= 0.3 is 0 Å². The number of carbonyl (C=O) groups is 3. The second-order valence-electron chi connectivity index (χ2n) is 7.24. The summed E-state index contributed by atoms with van der Waals surface area (Å²) in [5.41, 5.74) is 1.87. The Hall–Kier alpha value is -3.31. The highest BCUT2D eigenvalue weighted by Crippen LogP contribution is 2.30. The average Bonchev–Trinajstić information content (AvgIpc) is 3.41. The molecule has 7 nitrogen and oxygen atoms in total. The molecule has 0 bridgehead atoms. The maximum Gasteiger partial charge on any atom is 0.248 e. The third-order valence-electron chi connectivity index (χ3n) is 5.29. The summed E-state index contributed by atoms with van der Waals surface area (Å²) in [5.74, 6) is -0.0160. The van der Waals surface area contributed by atoms with E-state index in [9.17, 15) is 14.4 Å². The maximum absolute atomic E-state index is 13.1. The first kappa shape index (κ1) is 20.0. The number of thioether (sulfide) groups is 1. The van der Waals surface area contributed by atoms with Crippen LogP contribution in [0.15, 0.2) is 54.6 Å². The van der Waals surface area contributed by atoms with Crippen LogP contribution < -0.4 is 10.2 Å². The minimum atomic E-state index is -0.584. The Morgan fingerprint density at radius 3 is 2.53 bits per heavy atom. The minimum absolute atomic E-state index is 0.0787. The van der Waals surface area contributed by atoms with Crippen LogP contribution >= 0.6 is 11.8 Å². The Balaban J connectivity index is 1.42. The zero-order valence-electron chi connectivity index (χ0n) is 16.2. The molecule has 2 aliphatic heterocycles. The lowest BCUT2D eigenvalue weighted by atomic mass is 10.1. The Morgan fingerprint density at radius 1 is 1.10 bits per heavy atom. The second-order valence-corrected chi connectivity index (χ2v) is 8.24. The lowest BCUT2D eigenvalue weighted by Gasteiger charge is -2.26. The number of para-hydroxylation sites is 1. The first-order valence-corrected chi connectivity index (χ1v) is 10.8. The fraction of sp³-hybridized carbons (Fsp3) is 0.273. The number of hydrogen-bond donors (Lipinski definition) is 1. The summed E-state index contributed by atoms with van der Waals surface area (Å²) in [5, 5.41) is 11.7. The predicted octanol–water partition coefficient (Wildman–Crippen LogP) is 2.45. The van der Waals surface area contributed by atoms with E-state index in [4.69, 9.17) is 5.26 Å². The number of nitriles is 1. The van der Waals surface area contributed by atoms with E-state index < -0.39 is 12.0 Å². The largest absolute Gasteiger partial charge is 0.324 e. The van der Waals surface area contributed by atoms with Crippen LogP contribution in [0.5, 0.6) is 0 Å². The molecule has 2 aromatic carbocycles. The molecule has 2 unspecified atom stereocenters. The smallest absolute Gasteiger partial charge is 0.248 e. The molecule has 0 spiro atoms. The van der Waals surface area contributed by atoms with Crippen LogP contribution in [0.1, 0.15) is 12.0 Å². The number of rotatable bonds is 4. The van der Waals surface area contributed by atoms with Gasteiger partial charge in [0.1, 0.15) is 6.04 Å². The summed E-state index contributed by atoms with van der Waals surface area (Å²) in [6.07, 6.45) is 0.152. The second kappa shape index (κ2) is 8.59. The molecular formula is C22H20N4O3S. The minimum Gasteiger partial charge on any atom is -0.324 e. The molecule has 1 N–H and O–H groups in total. The van der Waals surface area contributed by atoms with E-state index in [-0.39, 0.29) is 24.1 Å². The van der Waals surface area contributed by atoms with Gasteiger partial charge in [-0.2, -0.15) is 5.26 Å². The molecule has 3 amide bonds. The summed E-state index contributed by atoms with van der Waals surface area (Å²) in [6, 6.07) is 17.3. The number of anilines is 2. The molecule has 30 heavy (non-hydrogen) atoms. The third kappa shape index (κ3) is 4.02. The predicted molar refractivity (Wildman–Crippen MR) is 115 cm³/mol. The molecular weight excluding hydrogens is 400 g/mol. The highest BCUT2D eigenvalue weighted by atomic mass is 32.2. The van der Waals surface area contributed by atoms with Crippen molar-refractivity contribution in [2.24, 2.45) is 5.92 Å². The van der Waals surface area contributed by atoms with Crippen LogP contribution in [0.4, 0.5) is 11.4 Å².